The molecule has 0 unspecified atom stereocenters. The number of hydrogen-bond acceptors (Lipinski definition) is 7. The van der Waals surface area contributed by atoms with Crippen molar-refractivity contribution in [2.75, 3.05) is 11.6 Å². The highest BCUT2D eigenvalue weighted by molar-refractivity contribution is 14.1. The van der Waals surface area contributed by atoms with Crippen molar-refractivity contribution in [1.82, 2.24) is 15.2 Å². The van der Waals surface area contributed by atoms with Crippen LogP contribution in [0, 0.1) is 3.77 Å². The second-order valence-electron chi connectivity index (χ2n) is 4.78. The van der Waals surface area contributed by atoms with E-state index in [2.05, 4.69) is 43.1 Å². The number of rotatable bonds is 2. The van der Waals surface area contributed by atoms with E-state index in [-0.39, 0.29) is 0 Å². The van der Waals surface area contributed by atoms with Gasteiger partial charge < -0.3 is 14.5 Å². The van der Waals surface area contributed by atoms with Gasteiger partial charge in [0.2, 0.25) is 17.3 Å². The van der Waals surface area contributed by atoms with E-state index < -0.39 is 6.23 Å². The van der Waals surface area contributed by atoms with E-state index in [0.717, 1.165) is 15.0 Å². The molecule has 0 spiro atoms. The second kappa shape index (κ2) is 6.00. The van der Waals surface area contributed by atoms with Crippen molar-refractivity contribution in [3.05, 3.63) is 45.9 Å². The van der Waals surface area contributed by atoms with E-state index in [1.165, 1.54) is 11.8 Å². The van der Waals surface area contributed by atoms with Crippen LogP contribution in [-0.2, 0) is 0 Å². The molecule has 1 aromatic carbocycles. The summed E-state index contributed by atoms with van der Waals surface area (Å²) in [6, 6.07) is 11.6. The number of anilines is 1. The van der Waals surface area contributed by atoms with Gasteiger partial charge in [0.05, 0.1) is 0 Å². The van der Waals surface area contributed by atoms with Crippen LogP contribution in [0.1, 0.15) is 12.0 Å². The molecule has 3 heterocycles. The Morgan fingerprint density at radius 2 is 2.04 bits per heavy atom. The first-order valence-corrected chi connectivity index (χ1v) is 9.11. The Morgan fingerprint density at radius 3 is 2.83 bits per heavy atom. The molecule has 3 aromatic rings. The summed E-state index contributed by atoms with van der Waals surface area (Å²) in [6.07, 6.45) is 1.42. The molecule has 0 bridgehead atoms. The van der Waals surface area contributed by atoms with Crippen molar-refractivity contribution in [3.8, 4) is 17.1 Å². The van der Waals surface area contributed by atoms with E-state index in [1.807, 2.05) is 42.7 Å². The molecule has 0 amide bonds. The zero-order valence-electron chi connectivity index (χ0n) is 12.0. The van der Waals surface area contributed by atoms with Crippen LogP contribution in [0.3, 0.4) is 0 Å². The third-order valence-corrected chi connectivity index (χ3v) is 4.49. The largest absolute Gasteiger partial charge is 0.449 e. The minimum atomic E-state index is -0.479. The molecular formula is C15H11IN4O2S. The molecule has 0 saturated heterocycles. The molecule has 0 fully saturated rings. The van der Waals surface area contributed by atoms with Gasteiger partial charge >= 0.3 is 0 Å². The molecule has 0 saturated carbocycles. The molecule has 1 atom stereocenters. The van der Waals surface area contributed by atoms with Crippen LogP contribution in [-0.4, -0.2) is 21.4 Å². The summed E-state index contributed by atoms with van der Waals surface area (Å²) in [6.45, 7) is 0. The first-order valence-electron chi connectivity index (χ1n) is 6.81. The summed E-state index contributed by atoms with van der Waals surface area (Å²) in [5.41, 5.74) is 2.42. The molecule has 6 nitrogen and oxygen atoms in total. The van der Waals surface area contributed by atoms with Gasteiger partial charge in [0.25, 0.3) is 0 Å². The van der Waals surface area contributed by atoms with Crippen molar-refractivity contribution in [2.45, 2.75) is 11.4 Å². The Kier molecular flexibility index (Phi) is 3.85. The number of para-hydroxylation sites is 1. The Labute approximate surface area is 150 Å². The number of ether oxygens (including phenoxy) is 1. The molecule has 1 aliphatic rings. The van der Waals surface area contributed by atoms with Crippen molar-refractivity contribution in [1.29, 1.82) is 0 Å². The molecule has 23 heavy (non-hydrogen) atoms. The van der Waals surface area contributed by atoms with Crippen molar-refractivity contribution in [2.24, 2.45) is 0 Å². The van der Waals surface area contributed by atoms with E-state index in [0.29, 0.717) is 22.5 Å². The maximum atomic E-state index is 6.05. The van der Waals surface area contributed by atoms with Crippen LogP contribution in [0.2, 0.25) is 0 Å². The lowest BCUT2D eigenvalue weighted by Gasteiger charge is -2.16. The molecular weight excluding hydrogens is 427 g/mol. The number of nitrogens with one attached hydrogen (secondary N) is 1. The Bertz CT molecular complexity index is 870. The van der Waals surface area contributed by atoms with Gasteiger partial charge in [-0.15, -0.1) is 10.2 Å². The predicted molar refractivity (Wildman–Crippen MR) is 95.5 cm³/mol. The summed E-state index contributed by atoms with van der Waals surface area (Å²) < 4.78 is 12.5. The summed E-state index contributed by atoms with van der Waals surface area (Å²) in [5.74, 6) is 1.12. The first-order chi connectivity index (χ1) is 11.2. The highest BCUT2D eigenvalue weighted by Crippen LogP contribution is 2.39. The molecule has 116 valence electrons. The average Bonchev–Trinajstić information content (AvgIpc) is 2.93. The number of aromatic nitrogens is 3. The van der Waals surface area contributed by atoms with Crippen LogP contribution >= 0.6 is 34.4 Å². The number of fused-ring (bicyclic) bond motifs is 3. The lowest BCUT2D eigenvalue weighted by Crippen LogP contribution is -2.16. The summed E-state index contributed by atoms with van der Waals surface area (Å²) in [4.78, 5) is 4.46. The summed E-state index contributed by atoms with van der Waals surface area (Å²) in [5, 5.41) is 12.3. The smallest absolute Gasteiger partial charge is 0.247 e. The van der Waals surface area contributed by atoms with Gasteiger partial charge in [-0.25, -0.2) is 0 Å². The second-order valence-corrected chi connectivity index (χ2v) is 6.62. The molecule has 1 N–H and O–H groups in total. The average molecular weight is 438 g/mol. The number of benzene rings is 1. The molecule has 0 radical (unpaired) electrons. The monoisotopic (exact) mass is 438 g/mol. The van der Waals surface area contributed by atoms with Crippen molar-refractivity contribution < 1.29 is 9.15 Å². The van der Waals surface area contributed by atoms with Gasteiger partial charge in [-0.3, -0.25) is 0 Å². The van der Waals surface area contributed by atoms with Gasteiger partial charge in [-0.1, -0.05) is 30.0 Å². The normalized spacial score (nSPS) is 15.8. The fraction of sp³-hybridized carbons (Fsp3) is 0.133. The predicted octanol–water partition coefficient (Wildman–Crippen LogP) is 3.96. The van der Waals surface area contributed by atoms with Crippen molar-refractivity contribution >= 4 is 40.0 Å². The lowest BCUT2D eigenvalue weighted by molar-refractivity contribution is 0.193. The zero-order valence-corrected chi connectivity index (χ0v) is 15.0. The Hall–Kier alpha value is -1.81. The third kappa shape index (κ3) is 2.76. The maximum absolute atomic E-state index is 6.05. The number of nitrogens with zero attached hydrogens (tertiary/aromatic N) is 3. The van der Waals surface area contributed by atoms with E-state index in [1.54, 1.807) is 0 Å². The van der Waals surface area contributed by atoms with Crippen LogP contribution in [0.4, 0.5) is 5.69 Å². The number of thioether (sulfide) groups is 1. The fourth-order valence-electron chi connectivity index (χ4n) is 2.33. The minimum absolute atomic E-state index is 0.443. The molecule has 4 rings (SSSR count). The third-order valence-electron chi connectivity index (χ3n) is 3.37. The number of halogens is 1. The minimum Gasteiger partial charge on any atom is -0.449 e. The molecule has 0 aliphatic carbocycles. The van der Waals surface area contributed by atoms with Crippen LogP contribution < -0.4 is 10.1 Å². The van der Waals surface area contributed by atoms with Gasteiger partial charge in [0.1, 0.15) is 0 Å². The van der Waals surface area contributed by atoms with Crippen molar-refractivity contribution in [3.63, 3.8) is 0 Å². The Morgan fingerprint density at radius 1 is 1.17 bits per heavy atom. The van der Waals surface area contributed by atoms with Crippen LogP contribution in [0.15, 0.2) is 46.0 Å². The van der Waals surface area contributed by atoms with Gasteiger partial charge in [0.15, 0.2) is 15.2 Å². The quantitative estimate of drug-likeness (QED) is 0.480. The highest BCUT2D eigenvalue weighted by atomic mass is 127. The number of hydrogen-bond donors (Lipinski definition) is 1. The highest BCUT2D eigenvalue weighted by Gasteiger charge is 2.27. The molecule has 8 heteroatoms. The lowest BCUT2D eigenvalue weighted by atomic mass is 10.1. The van der Waals surface area contributed by atoms with E-state index in [4.69, 9.17) is 9.15 Å². The topological polar surface area (TPSA) is 73.1 Å². The zero-order chi connectivity index (χ0) is 15.8. The van der Waals surface area contributed by atoms with Gasteiger partial charge in [-0.2, -0.15) is 4.98 Å². The Balaban J connectivity index is 1.87. The summed E-state index contributed by atoms with van der Waals surface area (Å²) in [7, 11) is 0. The summed E-state index contributed by atoms with van der Waals surface area (Å²) >= 11 is 3.55. The molecule has 2 aromatic heterocycles. The van der Waals surface area contributed by atoms with Gasteiger partial charge in [0, 0.05) is 11.3 Å². The van der Waals surface area contributed by atoms with E-state index >= 15 is 0 Å². The van der Waals surface area contributed by atoms with Crippen LogP contribution in [0.5, 0.6) is 5.88 Å². The van der Waals surface area contributed by atoms with E-state index in [9.17, 15) is 0 Å². The molecule has 1 aliphatic heterocycles. The standard InChI is InChI=1S/C15H11IN4O2S/c1-23-15-18-14-12(19-20-15)8-4-2-3-5-9(8)17-13(22-14)10-6-7-11(16)21-10/h2-7,13,17H,1H3/t13-/m1/s1. The maximum Gasteiger partial charge on any atom is 0.247 e. The SMILES string of the molecule is CSc1nnc2c(n1)O[C@H](c1ccc(I)o1)Nc1ccccc1-2. The van der Waals surface area contributed by atoms with Crippen LogP contribution in [0.25, 0.3) is 11.3 Å². The first kappa shape index (κ1) is 14.8. The number of furan rings is 1. The van der Waals surface area contributed by atoms with Gasteiger partial charge in [-0.05, 0) is 47.0 Å². The fourth-order valence-corrected chi connectivity index (χ4v) is 3.06.